The van der Waals surface area contributed by atoms with Gasteiger partial charge in [0.15, 0.2) is 6.10 Å². The highest BCUT2D eigenvalue weighted by Gasteiger charge is 2.19. The Labute approximate surface area is 329 Å². The third-order valence-corrected chi connectivity index (χ3v) is 11.1. The summed E-state index contributed by atoms with van der Waals surface area (Å²) < 4.78 is 16.7. The monoisotopic (exact) mass is 751 g/mol. The third kappa shape index (κ3) is 38.5. The zero-order chi connectivity index (χ0) is 39.2. The van der Waals surface area contributed by atoms with Crippen LogP contribution in [-0.4, -0.2) is 37.2 Å². The standard InChI is InChI=1S/C47H90O6/c1-7-42(5)34-28-22-15-11-9-10-12-18-26-32-38-47(50)53-44(40-52-46(49)37-31-25-20-19-21-27-33-41(3)4)39-51-45(48)36-30-24-17-14-13-16-23-29-35-43(6)8-2/h41-44H,7-40H2,1-6H3/t42?,43?,44-/m1/s1. The van der Waals surface area contributed by atoms with E-state index in [0.717, 1.165) is 75.5 Å². The maximum Gasteiger partial charge on any atom is 0.306 e. The van der Waals surface area contributed by atoms with Gasteiger partial charge in [0, 0.05) is 19.3 Å². The lowest BCUT2D eigenvalue weighted by Gasteiger charge is -2.18. The summed E-state index contributed by atoms with van der Waals surface area (Å²) in [6.45, 7) is 13.6. The minimum atomic E-state index is -0.762. The smallest absolute Gasteiger partial charge is 0.306 e. The molecule has 2 unspecified atom stereocenters. The molecule has 0 saturated heterocycles. The first-order chi connectivity index (χ1) is 25.7. The predicted octanol–water partition coefficient (Wildman–Crippen LogP) is 14.4. The fraction of sp³-hybridized carbons (Fsp3) is 0.936. The van der Waals surface area contributed by atoms with Crippen molar-refractivity contribution in [2.75, 3.05) is 13.2 Å². The van der Waals surface area contributed by atoms with E-state index in [1.54, 1.807) is 0 Å². The largest absolute Gasteiger partial charge is 0.462 e. The van der Waals surface area contributed by atoms with Crippen molar-refractivity contribution in [3.8, 4) is 0 Å². The Balaban J connectivity index is 4.35. The number of carbonyl (C=O) groups is 3. The van der Waals surface area contributed by atoms with E-state index in [0.29, 0.717) is 19.3 Å². The first-order valence-corrected chi connectivity index (χ1v) is 23.2. The Morgan fingerprint density at radius 2 is 0.660 bits per heavy atom. The molecule has 0 amide bonds. The van der Waals surface area contributed by atoms with Gasteiger partial charge in [0.1, 0.15) is 13.2 Å². The number of unbranched alkanes of at least 4 members (excludes halogenated alkanes) is 21. The SMILES string of the molecule is CCC(C)CCCCCCCCCCCCC(=O)O[C@H](COC(=O)CCCCCCCCCCC(C)CC)COC(=O)CCCCCCCCC(C)C. The van der Waals surface area contributed by atoms with Crippen LogP contribution in [0.2, 0.25) is 0 Å². The maximum atomic E-state index is 12.7. The molecule has 0 saturated carbocycles. The van der Waals surface area contributed by atoms with E-state index in [1.807, 2.05) is 0 Å². The molecule has 314 valence electrons. The van der Waals surface area contributed by atoms with Crippen LogP contribution in [0.5, 0.6) is 0 Å². The van der Waals surface area contributed by atoms with Crippen LogP contribution in [0.15, 0.2) is 0 Å². The highest BCUT2D eigenvalue weighted by molar-refractivity contribution is 5.71. The summed E-state index contributed by atoms with van der Waals surface area (Å²) in [6, 6.07) is 0. The highest BCUT2D eigenvalue weighted by atomic mass is 16.6. The molecule has 3 atom stereocenters. The molecule has 6 heteroatoms. The van der Waals surface area contributed by atoms with Gasteiger partial charge in [0.2, 0.25) is 0 Å². The van der Waals surface area contributed by atoms with Gasteiger partial charge in [-0.2, -0.15) is 0 Å². The summed E-state index contributed by atoms with van der Waals surface area (Å²) in [5, 5.41) is 0. The van der Waals surface area contributed by atoms with Crippen LogP contribution in [0, 0.1) is 17.8 Å². The number of carbonyl (C=O) groups excluding carboxylic acids is 3. The van der Waals surface area contributed by atoms with Gasteiger partial charge in [0.05, 0.1) is 0 Å². The molecule has 0 bridgehead atoms. The van der Waals surface area contributed by atoms with Gasteiger partial charge < -0.3 is 14.2 Å². The Morgan fingerprint density at radius 1 is 0.377 bits per heavy atom. The van der Waals surface area contributed by atoms with Crippen LogP contribution in [0.3, 0.4) is 0 Å². The third-order valence-electron chi connectivity index (χ3n) is 11.1. The van der Waals surface area contributed by atoms with Crippen LogP contribution in [0.4, 0.5) is 0 Å². The second-order valence-corrected chi connectivity index (χ2v) is 17.0. The van der Waals surface area contributed by atoms with Crippen LogP contribution >= 0.6 is 0 Å². The molecule has 6 nitrogen and oxygen atoms in total. The van der Waals surface area contributed by atoms with E-state index in [1.165, 1.54) is 128 Å². The van der Waals surface area contributed by atoms with E-state index < -0.39 is 6.10 Å². The van der Waals surface area contributed by atoms with Crippen LogP contribution < -0.4 is 0 Å². The molecule has 0 aromatic carbocycles. The highest BCUT2D eigenvalue weighted by Crippen LogP contribution is 2.18. The van der Waals surface area contributed by atoms with Gasteiger partial charge in [-0.05, 0) is 37.0 Å². The van der Waals surface area contributed by atoms with Crippen LogP contribution in [0.25, 0.3) is 0 Å². The van der Waals surface area contributed by atoms with Crippen LogP contribution in [-0.2, 0) is 28.6 Å². The predicted molar refractivity (Wildman–Crippen MR) is 224 cm³/mol. The number of esters is 3. The van der Waals surface area contributed by atoms with E-state index in [4.69, 9.17) is 14.2 Å². The first-order valence-electron chi connectivity index (χ1n) is 23.2. The summed E-state index contributed by atoms with van der Waals surface area (Å²) in [5.41, 5.74) is 0. The lowest BCUT2D eigenvalue weighted by Crippen LogP contribution is -2.30. The molecule has 0 N–H and O–H groups in total. The quantitative estimate of drug-likeness (QED) is 0.0352. The molecule has 0 aliphatic heterocycles. The number of hydrogen-bond acceptors (Lipinski definition) is 6. The molecule has 0 aromatic heterocycles. The molecule has 0 radical (unpaired) electrons. The summed E-state index contributed by atoms with van der Waals surface area (Å²) >= 11 is 0. The molecule has 0 aliphatic carbocycles. The minimum absolute atomic E-state index is 0.0670. The van der Waals surface area contributed by atoms with Crippen molar-refractivity contribution in [2.24, 2.45) is 17.8 Å². The van der Waals surface area contributed by atoms with Crippen molar-refractivity contribution >= 4 is 17.9 Å². The van der Waals surface area contributed by atoms with Crippen molar-refractivity contribution in [1.29, 1.82) is 0 Å². The fourth-order valence-corrected chi connectivity index (χ4v) is 6.81. The van der Waals surface area contributed by atoms with Gasteiger partial charge in [-0.3, -0.25) is 14.4 Å². The van der Waals surface area contributed by atoms with Crippen molar-refractivity contribution < 1.29 is 28.6 Å². The molecule has 0 aromatic rings. The summed E-state index contributed by atoms with van der Waals surface area (Å²) in [7, 11) is 0. The zero-order valence-corrected chi connectivity index (χ0v) is 36.3. The minimum Gasteiger partial charge on any atom is -0.462 e. The van der Waals surface area contributed by atoms with E-state index in [2.05, 4.69) is 41.5 Å². The molecule has 0 aliphatic rings. The average Bonchev–Trinajstić information content (AvgIpc) is 3.14. The molecular formula is C47H90O6. The zero-order valence-electron chi connectivity index (χ0n) is 36.3. The van der Waals surface area contributed by atoms with E-state index in [9.17, 15) is 14.4 Å². The van der Waals surface area contributed by atoms with Gasteiger partial charge in [-0.25, -0.2) is 0 Å². The lowest BCUT2D eigenvalue weighted by atomic mass is 9.99. The van der Waals surface area contributed by atoms with Gasteiger partial charge in [-0.15, -0.1) is 0 Å². The molecule has 0 heterocycles. The number of rotatable bonds is 40. The Kier molecular flexibility index (Phi) is 37.5. The second kappa shape index (κ2) is 38.7. The Bertz CT molecular complexity index is 826. The Morgan fingerprint density at radius 3 is 0.981 bits per heavy atom. The average molecular weight is 751 g/mol. The van der Waals surface area contributed by atoms with E-state index in [-0.39, 0.29) is 31.1 Å². The van der Waals surface area contributed by atoms with Gasteiger partial charge in [0.25, 0.3) is 0 Å². The van der Waals surface area contributed by atoms with Crippen LogP contribution in [0.1, 0.15) is 247 Å². The topological polar surface area (TPSA) is 78.9 Å². The maximum absolute atomic E-state index is 12.7. The number of ether oxygens (including phenoxy) is 3. The summed E-state index contributed by atoms with van der Waals surface area (Å²) in [4.78, 5) is 37.7. The molecule has 0 rings (SSSR count). The molecule has 0 fully saturated rings. The van der Waals surface area contributed by atoms with Crippen molar-refractivity contribution in [3.05, 3.63) is 0 Å². The fourth-order valence-electron chi connectivity index (χ4n) is 6.81. The Hall–Kier alpha value is -1.59. The molecular weight excluding hydrogens is 661 g/mol. The van der Waals surface area contributed by atoms with Gasteiger partial charge in [-0.1, -0.05) is 208 Å². The lowest BCUT2D eigenvalue weighted by molar-refractivity contribution is -0.167. The number of hydrogen-bond donors (Lipinski definition) is 0. The van der Waals surface area contributed by atoms with E-state index >= 15 is 0 Å². The molecule has 0 spiro atoms. The van der Waals surface area contributed by atoms with Crippen molar-refractivity contribution in [2.45, 2.75) is 253 Å². The van der Waals surface area contributed by atoms with Gasteiger partial charge >= 0.3 is 17.9 Å². The van der Waals surface area contributed by atoms with Crippen molar-refractivity contribution in [3.63, 3.8) is 0 Å². The normalized spacial score (nSPS) is 13.2. The summed E-state index contributed by atoms with van der Waals surface area (Å²) in [6.07, 6.45) is 35.2. The summed E-state index contributed by atoms with van der Waals surface area (Å²) in [5.74, 6) is 1.61. The second-order valence-electron chi connectivity index (χ2n) is 17.0. The molecule has 53 heavy (non-hydrogen) atoms. The first kappa shape index (κ1) is 51.4. The van der Waals surface area contributed by atoms with Crippen molar-refractivity contribution in [1.82, 2.24) is 0 Å².